The van der Waals surface area contributed by atoms with E-state index in [1.807, 2.05) is 0 Å². The Morgan fingerprint density at radius 1 is 1.04 bits per heavy atom. The Balaban J connectivity index is 1.63. The zero-order valence-electron chi connectivity index (χ0n) is 12.9. The maximum atomic E-state index is 12.1. The number of benzene rings is 1. The summed E-state index contributed by atoms with van der Waals surface area (Å²) in [5, 5.41) is 5.54. The van der Waals surface area contributed by atoms with E-state index in [1.54, 1.807) is 48.8 Å². The van der Waals surface area contributed by atoms with Gasteiger partial charge in [0.05, 0.1) is 19.8 Å². The first-order chi connectivity index (χ1) is 11.7. The van der Waals surface area contributed by atoms with Crippen LogP contribution in [0.5, 0.6) is 0 Å². The van der Waals surface area contributed by atoms with E-state index < -0.39 is 6.10 Å². The number of hydrogen-bond donors (Lipinski definition) is 2. The molecule has 2 heterocycles. The number of carbonyl (C=O) groups is 2. The molecule has 3 rings (SSSR count). The van der Waals surface area contributed by atoms with Crippen LogP contribution in [-0.2, 0) is 14.3 Å². The molecule has 1 aliphatic rings. The van der Waals surface area contributed by atoms with Gasteiger partial charge in [0.2, 0.25) is 0 Å². The minimum atomic E-state index is -0.617. The van der Waals surface area contributed by atoms with Crippen molar-refractivity contribution < 1.29 is 19.1 Å². The van der Waals surface area contributed by atoms with Crippen molar-refractivity contribution in [2.75, 3.05) is 30.5 Å². The summed E-state index contributed by atoms with van der Waals surface area (Å²) in [6.07, 6.45) is 2.49. The Morgan fingerprint density at radius 3 is 2.50 bits per heavy atom. The van der Waals surface area contributed by atoms with E-state index in [4.69, 9.17) is 9.47 Å². The largest absolute Gasteiger partial charge is 0.376 e. The maximum absolute atomic E-state index is 12.1. The lowest BCUT2D eigenvalue weighted by molar-refractivity contribution is -0.142. The smallest absolute Gasteiger partial charge is 0.255 e. The SMILES string of the molecule is O=C(Nc1cccc(NC(=O)[C@@H]2COCCO2)c1)c1ccncc1. The monoisotopic (exact) mass is 327 g/mol. The van der Waals surface area contributed by atoms with Crippen LogP contribution in [0.2, 0.25) is 0 Å². The summed E-state index contributed by atoms with van der Waals surface area (Å²) < 4.78 is 10.6. The van der Waals surface area contributed by atoms with Crippen molar-refractivity contribution in [3.05, 3.63) is 54.4 Å². The molecule has 1 aromatic carbocycles. The number of nitrogens with one attached hydrogen (secondary N) is 2. The average molecular weight is 327 g/mol. The van der Waals surface area contributed by atoms with Crippen LogP contribution in [0.15, 0.2) is 48.8 Å². The van der Waals surface area contributed by atoms with E-state index in [2.05, 4.69) is 15.6 Å². The summed E-state index contributed by atoms with van der Waals surface area (Å²) in [4.78, 5) is 28.1. The number of rotatable bonds is 4. The van der Waals surface area contributed by atoms with Gasteiger partial charge >= 0.3 is 0 Å². The highest BCUT2D eigenvalue weighted by molar-refractivity contribution is 6.04. The van der Waals surface area contributed by atoms with Crippen molar-refractivity contribution in [3.8, 4) is 0 Å². The van der Waals surface area contributed by atoms with Gasteiger partial charge in [0.25, 0.3) is 11.8 Å². The van der Waals surface area contributed by atoms with Crippen LogP contribution in [0, 0.1) is 0 Å². The summed E-state index contributed by atoms with van der Waals surface area (Å²) in [6.45, 7) is 1.14. The normalized spacial score (nSPS) is 17.1. The second kappa shape index (κ2) is 7.67. The molecule has 7 heteroatoms. The number of hydrogen-bond acceptors (Lipinski definition) is 5. The van der Waals surface area contributed by atoms with Gasteiger partial charge in [-0.1, -0.05) is 6.07 Å². The highest BCUT2D eigenvalue weighted by atomic mass is 16.6. The molecule has 0 aliphatic carbocycles. The van der Waals surface area contributed by atoms with E-state index in [-0.39, 0.29) is 18.4 Å². The van der Waals surface area contributed by atoms with Gasteiger partial charge < -0.3 is 20.1 Å². The maximum Gasteiger partial charge on any atom is 0.255 e. The first-order valence-electron chi connectivity index (χ1n) is 7.54. The number of anilines is 2. The molecule has 0 unspecified atom stereocenters. The van der Waals surface area contributed by atoms with Crippen molar-refractivity contribution in [2.24, 2.45) is 0 Å². The third-order valence-corrected chi connectivity index (χ3v) is 3.44. The second-order valence-electron chi connectivity index (χ2n) is 5.19. The molecule has 1 aliphatic heterocycles. The topological polar surface area (TPSA) is 89.6 Å². The van der Waals surface area contributed by atoms with Gasteiger partial charge in [-0.05, 0) is 30.3 Å². The molecule has 0 bridgehead atoms. The molecular weight excluding hydrogens is 310 g/mol. The second-order valence-corrected chi connectivity index (χ2v) is 5.19. The van der Waals surface area contributed by atoms with Crippen LogP contribution < -0.4 is 10.6 Å². The number of amides is 2. The van der Waals surface area contributed by atoms with Gasteiger partial charge in [0.15, 0.2) is 6.10 Å². The highest BCUT2D eigenvalue weighted by Crippen LogP contribution is 2.17. The Kier molecular flexibility index (Phi) is 5.15. The molecule has 2 N–H and O–H groups in total. The van der Waals surface area contributed by atoms with E-state index in [1.165, 1.54) is 0 Å². The van der Waals surface area contributed by atoms with E-state index in [9.17, 15) is 9.59 Å². The van der Waals surface area contributed by atoms with Crippen molar-refractivity contribution in [2.45, 2.75) is 6.10 Å². The third kappa shape index (κ3) is 4.15. The Morgan fingerprint density at radius 2 is 1.79 bits per heavy atom. The average Bonchev–Trinajstić information content (AvgIpc) is 2.63. The minimum Gasteiger partial charge on any atom is -0.376 e. The van der Waals surface area contributed by atoms with Gasteiger partial charge in [0, 0.05) is 29.3 Å². The number of nitrogens with zero attached hydrogens (tertiary/aromatic N) is 1. The lowest BCUT2D eigenvalue weighted by Gasteiger charge is -2.22. The molecule has 2 amide bonds. The van der Waals surface area contributed by atoms with Gasteiger partial charge in [-0.15, -0.1) is 0 Å². The minimum absolute atomic E-state index is 0.240. The summed E-state index contributed by atoms with van der Waals surface area (Å²) >= 11 is 0. The van der Waals surface area contributed by atoms with Gasteiger partial charge in [0.1, 0.15) is 0 Å². The van der Waals surface area contributed by atoms with Crippen LogP contribution in [-0.4, -0.2) is 42.7 Å². The van der Waals surface area contributed by atoms with Crippen molar-refractivity contribution in [3.63, 3.8) is 0 Å². The zero-order chi connectivity index (χ0) is 16.8. The fourth-order valence-corrected chi connectivity index (χ4v) is 2.24. The molecule has 0 radical (unpaired) electrons. The van der Waals surface area contributed by atoms with E-state index in [0.29, 0.717) is 30.2 Å². The van der Waals surface area contributed by atoms with Crippen LogP contribution in [0.4, 0.5) is 11.4 Å². The number of pyridine rings is 1. The van der Waals surface area contributed by atoms with E-state index >= 15 is 0 Å². The number of carbonyl (C=O) groups excluding carboxylic acids is 2. The molecule has 2 aromatic rings. The molecule has 1 aromatic heterocycles. The molecule has 7 nitrogen and oxygen atoms in total. The quantitative estimate of drug-likeness (QED) is 0.892. The first-order valence-corrected chi connectivity index (χ1v) is 7.54. The first kappa shape index (κ1) is 16.1. The summed E-state index contributed by atoms with van der Waals surface area (Å²) in [6, 6.07) is 10.2. The van der Waals surface area contributed by atoms with Gasteiger partial charge in [-0.25, -0.2) is 0 Å². The fourth-order valence-electron chi connectivity index (χ4n) is 2.24. The predicted molar refractivity (Wildman–Crippen MR) is 87.8 cm³/mol. The Bertz CT molecular complexity index is 715. The molecule has 24 heavy (non-hydrogen) atoms. The van der Waals surface area contributed by atoms with Crippen LogP contribution in [0.3, 0.4) is 0 Å². The van der Waals surface area contributed by atoms with Crippen LogP contribution in [0.1, 0.15) is 10.4 Å². The zero-order valence-corrected chi connectivity index (χ0v) is 12.9. The van der Waals surface area contributed by atoms with E-state index in [0.717, 1.165) is 0 Å². The van der Waals surface area contributed by atoms with Crippen molar-refractivity contribution in [1.29, 1.82) is 0 Å². The standard InChI is InChI=1S/C17H17N3O4/c21-16(12-4-6-18-7-5-12)19-13-2-1-3-14(10-13)20-17(22)15-11-23-8-9-24-15/h1-7,10,15H,8-9,11H2,(H,19,21)(H,20,22)/t15-/m0/s1. The lowest BCUT2D eigenvalue weighted by atomic mass is 10.2. The molecule has 0 saturated carbocycles. The summed E-state index contributed by atoms with van der Waals surface area (Å²) in [5.41, 5.74) is 1.66. The number of ether oxygens (including phenoxy) is 2. The molecule has 1 atom stereocenters. The van der Waals surface area contributed by atoms with Crippen LogP contribution >= 0.6 is 0 Å². The number of aromatic nitrogens is 1. The van der Waals surface area contributed by atoms with Crippen molar-refractivity contribution in [1.82, 2.24) is 4.98 Å². The molecule has 124 valence electrons. The third-order valence-electron chi connectivity index (χ3n) is 3.44. The Hall–Kier alpha value is -2.77. The Labute approximate surface area is 139 Å². The molecular formula is C17H17N3O4. The molecule has 1 saturated heterocycles. The van der Waals surface area contributed by atoms with Gasteiger partial charge in [-0.3, -0.25) is 14.6 Å². The molecule has 0 spiro atoms. The highest BCUT2D eigenvalue weighted by Gasteiger charge is 2.22. The molecule has 1 fully saturated rings. The summed E-state index contributed by atoms with van der Waals surface area (Å²) in [7, 11) is 0. The predicted octanol–water partition coefficient (Wildman–Crippen LogP) is 1.69. The fraction of sp³-hybridized carbons (Fsp3) is 0.235. The van der Waals surface area contributed by atoms with Crippen molar-refractivity contribution >= 4 is 23.2 Å². The van der Waals surface area contributed by atoms with Crippen LogP contribution in [0.25, 0.3) is 0 Å². The summed E-state index contributed by atoms with van der Waals surface area (Å²) in [5.74, 6) is -0.516. The van der Waals surface area contributed by atoms with Gasteiger partial charge in [-0.2, -0.15) is 0 Å². The lowest BCUT2D eigenvalue weighted by Crippen LogP contribution is -2.39.